The number of hydrazone groups is 1. The topological polar surface area (TPSA) is 128 Å². The summed E-state index contributed by atoms with van der Waals surface area (Å²) in [4.78, 5) is 29.3. The van der Waals surface area contributed by atoms with Crippen molar-refractivity contribution in [2.24, 2.45) is 5.10 Å². The van der Waals surface area contributed by atoms with Crippen LogP contribution >= 0.6 is 11.6 Å². The first kappa shape index (κ1) is 29.0. The van der Waals surface area contributed by atoms with Crippen LogP contribution in [-0.2, 0) is 9.59 Å². The first-order chi connectivity index (χ1) is 20.9. The predicted octanol–water partition coefficient (Wildman–Crippen LogP) is 3.99. The minimum Gasteiger partial charge on any atom is -0.490 e. The minimum atomic E-state index is -0.673. The van der Waals surface area contributed by atoms with Crippen molar-refractivity contribution in [3.05, 3.63) is 71.2 Å². The zero-order chi connectivity index (χ0) is 29.8. The number of likely N-dealkylation sites (tertiary alicyclic amines) is 1. The van der Waals surface area contributed by atoms with Gasteiger partial charge in [-0.15, -0.1) is 0 Å². The smallest absolute Gasteiger partial charge is 0.260 e. The van der Waals surface area contributed by atoms with Crippen LogP contribution in [0.15, 0.2) is 65.8 Å². The van der Waals surface area contributed by atoms with E-state index in [-0.39, 0.29) is 31.1 Å². The maximum Gasteiger partial charge on any atom is 0.260 e. The highest BCUT2D eigenvalue weighted by atomic mass is 35.5. The third-order valence-corrected chi connectivity index (χ3v) is 8.23. The van der Waals surface area contributed by atoms with E-state index < -0.39 is 6.10 Å². The standard InChI is InChI=1S/C32H34ClN5O5/c33-24-16-20(25-9-11-30(40)37-36-25)8-10-28(24)43-19-31(41)38-14-12-21(13-15-38)34-17-22(39)18-42-29-7-3-6-27-32(29)23-4-1-2-5-26(23)35-27/h1-8,10,16,21-22,34-35,39H,9,11-15,17-19H2,(H,37,40)/t22-/m1/s1. The molecule has 1 aromatic heterocycles. The second-order valence-corrected chi connectivity index (χ2v) is 11.3. The number of nitrogens with one attached hydrogen (secondary N) is 3. The van der Waals surface area contributed by atoms with Gasteiger partial charge in [0.1, 0.15) is 24.2 Å². The SMILES string of the molecule is O=C1CCC(c2ccc(OCC(=O)N3CCC(NC[C@@H](O)COc4cccc5[nH]c6ccccc6c45)CC3)c(Cl)c2)=NN1. The van der Waals surface area contributed by atoms with Gasteiger partial charge in [0.15, 0.2) is 6.61 Å². The number of benzene rings is 3. The molecule has 3 heterocycles. The molecule has 3 aromatic carbocycles. The molecule has 2 aliphatic heterocycles. The van der Waals surface area contributed by atoms with Crippen LogP contribution < -0.4 is 20.2 Å². The lowest BCUT2D eigenvalue weighted by molar-refractivity contribution is -0.134. The summed E-state index contributed by atoms with van der Waals surface area (Å²) < 4.78 is 11.8. The molecule has 1 fully saturated rings. The summed E-state index contributed by atoms with van der Waals surface area (Å²) in [6, 6.07) is 19.5. The van der Waals surface area contributed by atoms with Crippen molar-refractivity contribution in [1.82, 2.24) is 20.6 Å². The fourth-order valence-electron chi connectivity index (χ4n) is 5.58. The number of hydrogen-bond acceptors (Lipinski definition) is 7. The van der Waals surface area contributed by atoms with Crippen LogP contribution in [0.1, 0.15) is 31.2 Å². The monoisotopic (exact) mass is 603 g/mol. The summed E-state index contributed by atoms with van der Waals surface area (Å²) in [6.45, 7) is 1.68. The van der Waals surface area contributed by atoms with Crippen molar-refractivity contribution in [2.75, 3.05) is 32.8 Å². The number of aromatic amines is 1. The average Bonchev–Trinajstić information content (AvgIpc) is 3.42. The number of hydrogen-bond donors (Lipinski definition) is 4. The van der Waals surface area contributed by atoms with Crippen LogP contribution in [0.2, 0.25) is 5.02 Å². The molecule has 11 heteroatoms. The van der Waals surface area contributed by atoms with Gasteiger partial charge in [-0.2, -0.15) is 5.10 Å². The molecule has 1 saturated heterocycles. The Bertz CT molecular complexity index is 1660. The molecule has 43 heavy (non-hydrogen) atoms. The van der Waals surface area contributed by atoms with E-state index in [1.165, 1.54) is 0 Å². The summed E-state index contributed by atoms with van der Waals surface area (Å²) >= 11 is 6.40. The molecule has 0 radical (unpaired) electrons. The highest BCUT2D eigenvalue weighted by Crippen LogP contribution is 2.33. The largest absolute Gasteiger partial charge is 0.490 e. The Morgan fingerprint density at radius 3 is 2.65 bits per heavy atom. The number of piperidine rings is 1. The first-order valence-corrected chi connectivity index (χ1v) is 14.9. The quantitative estimate of drug-likeness (QED) is 0.217. The lowest BCUT2D eigenvalue weighted by Gasteiger charge is -2.33. The Morgan fingerprint density at radius 2 is 1.86 bits per heavy atom. The summed E-state index contributed by atoms with van der Waals surface area (Å²) in [6.07, 6.45) is 1.81. The third-order valence-electron chi connectivity index (χ3n) is 7.93. The van der Waals surface area contributed by atoms with Crippen LogP contribution in [0.25, 0.3) is 21.8 Å². The molecule has 1 atom stereocenters. The molecule has 6 rings (SSSR count). The molecule has 0 saturated carbocycles. The number of rotatable bonds is 10. The Hall–Kier alpha value is -4.12. The molecule has 0 spiro atoms. The number of halogens is 1. The Kier molecular flexibility index (Phi) is 8.78. The van der Waals surface area contributed by atoms with Crippen molar-refractivity contribution in [1.29, 1.82) is 0 Å². The summed E-state index contributed by atoms with van der Waals surface area (Å²) in [5, 5.41) is 20.6. The van der Waals surface area contributed by atoms with Crippen molar-refractivity contribution in [3.8, 4) is 11.5 Å². The molecule has 0 unspecified atom stereocenters. The van der Waals surface area contributed by atoms with E-state index in [0.29, 0.717) is 43.2 Å². The fraction of sp³-hybridized carbons (Fsp3) is 0.344. The molecule has 4 N–H and O–H groups in total. The summed E-state index contributed by atoms with van der Waals surface area (Å²) in [5.74, 6) is 0.964. The van der Waals surface area contributed by atoms with Crippen molar-refractivity contribution in [2.45, 2.75) is 37.8 Å². The molecular weight excluding hydrogens is 570 g/mol. The number of amides is 2. The Balaban J connectivity index is 0.925. The molecule has 0 aliphatic carbocycles. The van der Waals surface area contributed by atoms with Crippen LogP contribution in [0, 0.1) is 0 Å². The number of carbonyl (C=O) groups is 2. The van der Waals surface area contributed by atoms with Gasteiger partial charge < -0.3 is 29.8 Å². The van der Waals surface area contributed by atoms with Crippen molar-refractivity contribution in [3.63, 3.8) is 0 Å². The van der Waals surface area contributed by atoms with E-state index in [4.69, 9.17) is 21.1 Å². The number of nitrogens with zero attached hydrogens (tertiary/aromatic N) is 2. The van der Waals surface area contributed by atoms with Gasteiger partial charge in [0, 0.05) is 54.8 Å². The number of aliphatic hydroxyl groups excluding tert-OH is 1. The summed E-state index contributed by atoms with van der Waals surface area (Å²) in [5.41, 5.74) is 6.09. The van der Waals surface area contributed by atoms with Gasteiger partial charge in [-0.25, -0.2) is 5.43 Å². The van der Waals surface area contributed by atoms with Gasteiger partial charge in [-0.1, -0.05) is 35.9 Å². The van der Waals surface area contributed by atoms with Gasteiger partial charge in [-0.05, 0) is 54.8 Å². The van der Waals surface area contributed by atoms with E-state index in [9.17, 15) is 14.7 Å². The lowest BCUT2D eigenvalue weighted by Crippen LogP contribution is -2.48. The number of H-pyrrole nitrogens is 1. The van der Waals surface area contributed by atoms with Gasteiger partial charge in [-0.3, -0.25) is 9.59 Å². The average molecular weight is 604 g/mol. The Labute approximate surface area is 254 Å². The molecule has 224 valence electrons. The highest BCUT2D eigenvalue weighted by Gasteiger charge is 2.24. The summed E-state index contributed by atoms with van der Waals surface area (Å²) in [7, 11) is 0. The van der Waals surface area contributed by atoms with E-state index in [2.05, 4.69) is 26.9 Å². The highest BCUT2D eigenvalue weighted by molar-refractivity contribution is 6.32. The van der Waals surface area contributed by atoms with Crippen LogP contribution in [0.4, 0.5) is 0 Å². The van der Waals surface area contributed by atoms with E-state index >= 15 is 0 Å². The first-order valence-electron chi connectivity index (χ1n) is 14.5. The molecule has 0 bridgehead atoms. The van der Waals surface area contributed by atoms with Crippen molar-refractivity contribution < 1.29 is 24.2 Å². The van der Waals surface area contributed by atoms with Gasteiger partial charge in [0.25, 0.3) is 5.91 Å². The maximum atomic E-state index is 12.8. The fourth-order valence-corrected chi connectivity index (χ4v) is 5.81. The number of para-hydroxylation sites is 1. The predicted molar refractivity (Wildman–Crippen MR) is 166 cm³/mol. The minimum absolute atomic E-state index is 0.0992. The van der Waals surface area contributed by atoms with Gasteiger partial charge in [0.05, 0.1) is 16.3 Å². The molecule has 4 aromatic rings. The zero-order valence-electron chi connectivity index (χ0n) is 23.6. The van der Waals surface area contributed by atoms with Crippen molar-refractivity contribution >= 4 is 50.9 Å². The molecule has 2 aliphatic rings. The number of aromatic nitrogens is 1. The van der Waals surface area contributed by atoms with Crippen LogP contribution in [0.3, 0.4) is 0 Å². The van der Waals surface area contributed by atoms with E-state index in [1.54, 1.807) is 17.0 Å². The normalized spacial score (nSPS) is 16.7. The second-order valence-electron chi connectivity index (χ2n) is 10.9. The maximum absolute atomic E-state index is 12.8. The second kappa shape index (κ2) is 13.0. The Morgan fingerprint density at radius 1 is 1.05 bits per heavy atom. The van der Waals surface area contributed by atoms with E-state index in [0.717, 1.165) is 51.7 Å². The van der Waals surface area contributed by atoms with E-state index in [1.807, 2.05) is 42.5 Å². The van der Waals surface area contributed by atoms with Crippen LogP contribution in [-0.4, -0.2) is 77.5 Å². The van der Waals surface area contributed by atoms with Gasteiger partial charge in [0.2, 0.25) is 5.91 Å². The number of aliphatic hydroxyl groups is 1. The lowest BCUT2D eigenvalue weighted by atomic mass is 10.0. The molecular formula is C32H34ClN5O5. The zero-order valence-corrected chi connectivity index (χ0v) is 24.4. The number of fused-ring (bicyclic) bond motifs is 3. The third kappa shape index (κ3) is 6.77. The van der Waals surface area contributed by atoms with Gasteiger partial charge >= 0.3 is 0 Å². The number of carbonyl (C=O) groups excluding carboxylic acids is 2. The molecule has 10 nitrogen and oxygen atoms in total. The van der Waals surface area contributed by atoms with Crippen LogP contribution in [0.5, 0.6) is 11.5 Å². The number of ether oxygens (including phenoxy) is 2. The molecule has 2 amide bonds.